The van der Waals surface area contributed by atoms with Gasteiger partial charge >= 0.3 is 0 Å². The standard InChI is InChI=1S/C8H20N.C3H8O3.ClH/c1-5-9(6-2,7-3)8-4;4-1-3(6)2-5;/h5-8H2,1-4H3;3-6H,1-2H2;1H/q+1;;/p-1. The van der Waals surface area contributed by atoms with E-state index >= 15 is 0 Å². The van der Waals surface area contributed by atoms with Crippen LogP contribution in [0, 0.1) is 0 Å². The summed E-state index contributed by atoms with van der Waals surface area (Å²) in [5.41, 5.74) is 0. The molecule has 0 aromatic carbocycles. The second-order valence-electron chi connectivity index (χ2n) is 3.63. The molecule has 5 heteroatoms. The van der Waals surface area contributed by atoms with Gasteiger partial charge in [-0.25, -0.2) is 0 Å². The van der Waals surface area contributed by atoms with Crippen molar-refractivity contribution in [1.82, 2.24) is 0 Å². The van der Waals surface area contributed by atoms with E-state index in [0.29, 0.717) is 0 Å². The molecule has 3 N–H and O–H groups in total. The molecule has 16 heavy (non-hydrogen) atoms. The van der Waals surface area contributed by atoms with Gasteiger partial charge < -0.3 is 32.2 Å². The summed E-state index contributed by atoms with van der Waals surface area (Å²) in [5.74, 6) is 0. The normalized spacial score (nSPS) is 10.5. The van der Waals surface area contributed by atoms with Crippen molar-refractivity contribution in [2.24, 2.45) is 0 Å². The predicted octanol–water partition coefficient (Wildman–Crippen LogP) is -2.78. The molecule has 0 aliphatic rings. The molecule has 0 spiro atoms. The minimum atomic E-state index is -0.954. The summed E-state index contributed by atoms with van der Waals surface area (Å²) in [7, 11) is 0. The first kappa shape index (κ1) is 21.4. The summed E-state index contributed by atoms with van der Waals surface area (Å²) in [5, 5.41) is 24.0. The Balaban J connectivity index is -0.000000214. The number of nitrogens with zero attached hydrogens (tertiary/aromatic N) is 1. The number of halogens is 1. The smallest absolute Gasteiger partial charge is 0.100 e. The molecule has 0 amide bonds. The third-order valence-corrected chi connectivity index (χ3v) is 3.10. The van der Waals surface area contributed by atoms with E-state index in [1.165, 1.54) is 30.7 Å². The molecule has 0 aliphatic carbocycles. The Kier molecular flexibility index (Phi) is 17.7. The first-order valence-electron chi connectivity index (χ1n) is 5.80. The van der Waals surface area contributed by atoms with Crippen molar-refractivity contribution < 1.29 is 32.2 Å². The summed E-state index contributed by atoms with van der Waals surface area (Å²) < 4.78 is 1.28. The highest BCUT2D eigenvalue weighted by Gasteiger charge is 2.16. The molecular formula is C11H28ClNO3. The van der Waals surface area contributed by atoms with Gasteiger partial charge in [-0.05, 0) is 27.7 Å². The van der Waals surface area contributed by atoms with Crippen molar-refractivity contribution in [3.05, 3.63) is 0 Å². The molecule has 102 valence electrons. The monoisotopic (exact) mass is 257 g/mol. The van der Waals surface area contributed by atoms with E-state index in [1.54, 1.807) is 0 Å². The van der Waals surface area contributed by atoms with E-state index in [1.807, 2.05) is 0 Å². The Morgan fingerprint density at radius 1 is 0.812 bits per heavy atom. The van der Waals surface area contributed by atoms with Gasteiger partial charge in [0, 0.05) is 0 Å². The lowest BCUT2D eigenvalue weighted by Crippen LogP contribution is -3.00. The van der Waals surface area contributed by atoms with Crippen LogP contribution in [-0.2, 0) is 0 Å². The maximum atomic E-state index is 8.17. The van der Waals surface area contributed by atoms with Gasteiger partial charge in [0.1, 0.15) is 6.10 Å². The maximum absolute atomic E-state index is 8.17. The van der Waals surface area contributed by atoms with Gasteiger partial charge in [0.15, 0.2) is 0 Å². The molecule has 0 saturated heterocycles. The molecule has 0 fully saturated rings. The van der Waals surface area contributed by atoms with Crippen LogP contribution in [0.5, 0.6) is 0 Å². The van der Waals surface area contributed by atoms with E-state index < -0.39 is 6.10 Å². The highest BCUT2D eigenvalue weighted by atomic mass is 35.5. The third kappa shape index (κ3) is 9.36. The second-order valence-corrected chi connectivity index (χ2v) is 3.63. The minimum Gasteiger partial charge on any atom is -1.00 e. The summed E-state index contributed by atoms with van der Waals surface area (Å²) in [6.07, 6.45) is -0.954. The quantitative estimate of drug-likeness (QED) is 0.451. The summed E-state index contributed by atoms with van der Waals surface area (Å²) in [6, 6.07) is 0. The Hall–Kier alpha value is 0.130. The maximum Gasteiger partial charge on any atom is 0.100 e. The van der Waals surface area contributed by atoms with Crippen LogP contribution in [0.2, 0.25) is 0 Å². The van der Waals surface area contributed by atoms with Gasteiger partial charge in [-0.3, -0.25) is 0 Å². The lowest BCUT2D eigenvalue weighted by molar-refractivity contribution is -0.921. The van der Waals surface area contributed by atoms with Crippen molar-refractivity contribution in [2.75, 3.05) is 39.4 Å². The van der Waals surface area contributed by atoms with Crippen LogP contribution in [0.25, 0.3) is 0 Å². The van der Waals surface area contributed by atoms with Gasteiger partial charge in [-0.2, -0.15) is 0 Å². The van der Waals surface area contributed by atoms with Crippen molar-refractivity contribution >= 4 is 0 Å². The molecule has 0 atom stereocenters. The fourth-order valence-electron chi connectivity index (χ4n) is 1.40. The highest BCUT2D eigenvalue weighted by molar-refractivity contribution is 4.44. The largest absolute Gasteiger partial charge is 1.00 e. The summed E-state index contributed by atoms with van der Waals surface area (Å²) in [4.78, 5) is 0. The molecule has 0 aromatic heterocycles. The molecule has 0 aliphatic heterocycles. The van der Waals surface area contributed by atoms with Gasteiger partial charge in [0.05, 0.1) is 39.4 Å². The summed E-state index contributed by atoms with van der Waals surface area (Å²) in [6.45, 7) is 13.5. The topological polar surface area (TPSA) is 60.7 Å². The number of aliphatic hydroxyl groups excluding tert-OH is 3. The van der Waals surface area contributed by atoms with Crippen molar-refractivity contribution in [3.63, 3.8) is 0 Å². The van der Waals surface area contributed by atoms with Crippen LogP contribution in [0.3, 0.4) is 0 Å². The zero-order valence-electron chi connectivity index (χ0n) is 11.0. The predicted molar refractivity (Wildman–Crippen MR) is 62.6 cm³/mol. The molecule has 0 unspecified atom stereocenters. The van der Waals surface area contributed by atoms with E-state index in [-0.39, 0.29) is 25.6 Å². The Bertz CT molecular complexity index is 111. The van der Waals surface area contributed by atoms with Gasteiger partial charge in [0.2, 0.25) is 0 Å². The molecule has 0 radical (unpaired) electrons. The van der Waals surface area contributed by atoms with Crippen LogP contribution < -0.4 is 12.4 Å². The van der Waals surface area contributed by atoms with Crippen LogP contribution in [0.1, 0.15) is 27.7 Å². The molecule has 0 saturated carbocycles. The first-order chi connectivity index (χ1) is 7.05. The minimum absolute atomic E-state index is 0. The number of hydrogen-bond donors (Lipinski definition) is 3. The van der Waals surface area contributed by atoms with Crippen LogP contribution in [0.4, 0.5) is 0 Å². The fourth-order valence-corrected chi connectivity index (χ4v) is 1.40. The number of quaternary nitrogens is 1. The number of hydrogen-bond acceptors (Lipinski definition) is 3. The highest BCUT2D eigenvalue weighted by Crippen LogP contribution is 2.03. The average Bonchev–Trinajstić information content (AvgIpc) is 2.32. The molecular weight excluding hydrogens is 230 g/mol. The fraction of sp³-hybridized carbons (Fsp3) is 1.00. The molecule has 0 aromatic rings. The van der Waals surface area contributed by atoms with E-state index in [2.05, 4.69) is 27.7 Å². The molecule has 4 nitrogen and oxygen atoms in total. The van der Waals surface area contributed by atoms with Gasteiger partial charge in [0.25, 0.3) is 0 Å². The van der Waals surface area contributed by atoms with E-state index in [4.69, 9.17) is 15.3 Å². The van der Waals surface area contributed by atoms with E-state index in [9.17, 15) is 0 Å². The SMILES string of the molecule is CC[N+](CC)(CC)CC.OCC(O)CO.[Cl-]. The molecule has 0 rings (SSSR count). The summed E-state index contributed by atoms with van der Waals surface area (Å²) >= 11 is 0. The van der Waals surface area contributed by atoms with Crippen LogP contribution >= 0.6 is 0 Å². The molecule has 0 bridgehead atoms. The Labute approximate surface area is 106 Å². The van der Waals surface area contributed by atoms with Gasteiger partial charge in [-0.1, -0.05) is 0 Å². The van der Waals surface area contributed by atoms with Crippen LogP contribution in [-0.4, -0.2) is 65.3 Å². The Morgan fingerprint density at radius 2 is 1.06 bits per heavy atom. The lowest BCUT2D eigenvalue weighted by atomic mass is 10.3. The first-order valence-corrected chi connectivity index (χ1v) is 5.80. The van der Waals surface area contributed by atoms with Crippen molar-refractivity contribution in [3.8, 4) is 0 Å². The third-order valence-electron chi connectivity index (χ3n) is 3.10. The Morgan fingerprint density at radius 3 is 1.06 bits per heavy atom. The second kappa shape index (κ2) is 13.2. The number of aliphatic hydroxyl groups is 3. The molecule has 0 heterocycles. The lowest BCUT2D eigenvalue weighted by Gasteiger charge is -2.34. The zero-order chi connectivity index (χ0) is 12.3. The average molecular weight is 258 g/mol. The number of rotatable bonds is 6. The van der Waals surface area contributed by atoms with Crippen molar-refractivity contribution in [1.29, 1.82) is 0 Å². The van der Waals surface area contributed by atoms with Gasteiger partial charge in [-0.15, -0.1) is 0 Å². The zero-order valence-corrected chi connectivity index (χ0v) is 11.7. The van der Waals surface area contributed by atoms with E-state index in [0.717, 1.165) is 0 Å². The van der Waals surface area contributed by atoms with Crippen LogP contribution in [0.15, 0.2) is 0 Å². The van der Waals surface area contributed by atoms with Crippen molar-refractivity contribution in [2.45, 2.75) is 33.8 Å².